The summed E-state index contributed by atoms with van der Waals surface area (Å²) in [7, 11) is 0. The maximum absolute atomic E-state index is 11.3. The molecule has 2 atom stereocenters. The molecule has 2 aliphatic rings. The van der Waals surface area contributed by atoms with Crippen molar-refractivity contribution in [2.24, 2.45) is 0 Å². The highest BCUT2D eigenvalue weighted by molar-refractivity contribution is 5.83. The van der Waals surface area contributed by atoms with Crippen molar-refractivity contribution < 1.29 is 19.4 Å². The number of ether oxygens (including phenoxy) is 1. The maximum atomic E-state index is 11.3. The second-order valence-corrected chi connectivity index (χ2v) is 3.93. The van der Waals surface area contributed by atoms with Gasteiger partial charge in [-0.05, 0) is 12.2 Å². The average molecular weight is 223 g/mol. The molecule has 0 aromatic heterocycles. The van der Waals surface area contributed by atoms with E-state index in [0.717, 1.165) is 5.76 Å². The van der Waals surface area contributed by atoms with E-state index in [-0.39, 0.29) is 12.0 Å². The lowest BCUT2D eigenvalue weighted by Gasteiger charge is -2.19. The van der Waals surface area contributed by atoms with Gasteiger partial charge in [0, 0.05) is 13.3 Å². The number of nitrogens with zero attached hydrogens (tertiary/aromatic N) is 1. The van der Waals surface area contributed by atoms with E-state index in [0.29, 0.717) is 13.0 Å². The van der Waals surface area contributed by atoms with Gasteiger partial charge in [0.1, 0.15) is 17.9 Å². The van der Waals surface area contributed by atoms with Crippen LogP contribution in [0.25, 0.3) is 0 Å². The summed E-state index contributed by atoms with van der Waals surface area (Å²) in [6.07, 6.45) is 5.60. The van der Waals surface area contributed by atoms with Crippen molar-refractivity contribution in [3.63, 3.8) is 0 Å². The largest absolute Gasteiger partial charge is 0.488 e. The normalized spacial score (nSPS) is 27.3. The number of amides is 1. The highest BCUT2D eigenvalue weighted by Crippen LogP contribution is 2.24. The Morgan fingerprint density at radius 1 is 1.56 bits per heavy atom. The molecule has 1 saturated heterocycles. The lowest BCUT2D eigenvalue weighted by molar-refractivity contribution is -0.147. The van der Waals surface area contributed by atoms with Crippen LogP contribution >= 0.6 is 0 Å². The monoisotopic (exact) mass is 223 g/mol. The van der Waals surface area contributed by atoms with Crippen LogP contribution in [0.1, 0.15) is 13.3 Å². The number of aliphatic carboxylic acids is 1. The van der Waals surface area contributed by atoms with Crippen LogP contribution < -0.4 is 0 Å². The standard InChI is InChI=1S/C11H13NO4/c1-7(13)12-6-9(5-10(12)11(14)15)16-8-3-2-4-8/h2-4,9-10H,5-6H2,1H3,(H,14,15)/t9-,10-/m0/s1. The summed E-state index contributed by atoms with van der Waals surface area (Å²) in [5, 5.41) is 8.98. The quantitative estimate of drug-likeness (QED) is 0.758. The van der Waals surface area contributed by atoms with E-state index in [4.69, 9.17) is 9.84 Å². The Balaban J connectivity index is 1.99. The molecule has 5 heteroatoms. The van der Waals surface area contributed by atoms with Crippen molar-refractivity contribution in [2.45, 2.75) is 25.5 Å². The number of carbonyl (C=O) groups excluding carboxylic acids is 1. The van der Waals surface area contributed by atoms with Gasteiger partial charge in [-0.15, -0.1) is 0 Å². The Morgan fingerprint density at radius 2 is 2.25 bits per heavy atom. The number of hydrogen-bond acceptors (Lipinski definition) is 3. The molecule has 0 bridgehead atoms. The first kappa shape index (κ1) is 10.7. The minimum atomic E-state index is -0.973. The number of hydrogen-bond donors (Lipinski definition) is 1. The molecule has 0 saturated carbocycles. The lowest BCUT2D eigenvalue weighted by Crippen LogP contribution is -2.39. The predicted octanol–water partition coefficient (Wildman–Crippen LogP) is 0.531. The molecule has 86 valence electrons. The van der Waals surface area contributed by atoms with Crippen molar-refractivity contribution >= 4 is 11.9 Å². The first-order valence-corrected chi connectivity index (χ1v) is 5.13. The van der Waals surface area contributed by atoms with Gasteiger partial charge in [-0.25, -0.2) is 4.79 Å². The van der Waals surface area contributed by atoms with Crippen LogP contribution in [0.2, 0.25) is 0 Å². The summed E-state index contributed by atoms with van der Waals surface area (Å²) in [5.74, 6) is -0.449. The molecular weight excluding hydrogens is 210 g/mol. The Labute approximate surface area is 93.0 Å². The second kappa shape index (κ2) is 4.00. The molecule has 0 unspecified atom stereocenters. The zero-order valence-electron chi connectivity index (χ0n) is 8.92. The third-order valence-corrected chi connectivity index (χ3v) is 2.78. The van der Waals surface area contributed by atoms with Crippen molar-refractivity contribution in [1.82, 2.24) is 4.90 Å². The fourth-order valence-corrected chi connectivity index (χ4v) is 1.91. The van der Waals surface area contributed by atoms with E-state index in [2.05, 4.69) is 0 Å². The topological polar surface area (TPSA) is 66.8 Å². The Kier molecular flexibility index (Phi) is 2.68. The van der Waals surface area contributed by atoms with Gasteiger partial charge in [0.05, 0.1) is 6.54 Å². The van der Waals surface area contributed by atoms with Crippen LogP contribution in [0.5, 0.6) is 0 Å². The minimum absolute atomic E-state index is 0.221. The van der Waals surface area contributed by atoms with Gasteiger partial charge in [0.25, 0.3) is 0 Å². The number of carbonyl (C=O) groups is 2. The first-order valence-electron chi connectivity index (χ1n) is 5.13. The second-order valence-electron chi connectivity index (χ2n) is 3.93. The van der Waals surface area contributed by atoms with Crippen LogP contribution in [-0.4, -0.2) is 40.6 Å². The van der Waals surface area contributed by atoms with Gasteiger partial charge in [-0.1, -0.05) is 6.08 Å². The smallest absolute Gasteiger partial charge is 0.326 e. The molecule has 0 radical (unpaired) electrons. The summed E-state index contributed by atoms with van der Waals surface area (Å²) >= 11 is 0. The highest BCUT2D eigenvalue weighted by Gasteiger charge is 2.39. The van der Waals surface area contributed by atoms with Crippen LogP contribution in [0.4, 0.5) is 0 Å². The van der Waals surface area contributed by atoms with Crippen molar-refractivity contribution in [3.05, 3.63) is 24.0 Å². The van der Waals surface area contributed by atoms with E-state index >= 15 is 0 Å². The summed E-state index contributed by atoms with van der Waals surface area (Å²) in [6.45, 7) is 1.72. The molecule has 2 rings (SSSR count). The van der Waals surface area contributed by atoms with Gasteiger partial charge in [0.2, 0.25) is 5.91 Å². The van der Waals surface area contributed by atoms with E-state index in [9.17, 15) is 9.59 Å². The van der Waals surface area contributed by atoms with Crippen LogP contribution in [0.15, 0.2) is 24.0 Å². The molecule has 0 spiro atoms. The Bertz CT molecular complexity index is 363. The predicted molar refractivity (Wildman–Crippen MR) is 55.5 cm³/mol. The van der Waals surface area contributed by atoms with Crippen molar-refractivity contribution in [2.75, 3.05) is 6.54 Å². The zero-order valence-corrected chi connectivity index (χ0v) is 8.92. The average Bonchev–Trinajstić information content (AvgIpc) is 2.55. The number of carboxylic acid groups (broad SMARTS) is 1. The number of allylic oxidation sites excluding steroid dienone is 3. The van der Waals surface area contributed by atoms with E-state index in [1.165, 1.54) is 11.8 Å². The van der Waals surface area contributed by atoms with Gasteiger partial charge in [-0.3, -0.25) is 4.79 Å². The maximum Gasteiger partial charge on any atom is 0.326 e. The zero-order chi connectivity index (χ0) is 11.7. The summed E-state index contributed by atoms with van der Waals surface area (Å²) < 4.78 is 5.53. The lowest BCUT2D eigenvalue weighted by atomic mass is 10.2. The Hall–Kier alpha value is -1.78. The molecule has 1 N–H and O–H groups in total. The number of carboxylic acids is 1. The van der Waals surface area contributed by atoms with Crippen LogP contribution in [-0.2, 0) is 14.3 Å². The van der Waals surface area contributed by atoms with Gasteiger partial charge in [0.15, 0.2) is 0 Å². The fourth-order valence-electron chi connectivity index (χ4n) is 1.91. The molecule has 1 aliphatic heterocycles. The van der Waals surface area contributed by atoms with Gasteiger partial charge >= 0.3 is 5.97 Å². The van der Waals surface area contributed by atoms with Crippen molar-refractivity contribution in [1.29, 1.82) is 0 Å². The van der Waals surface area contributed by atoms with Gasteiger partial charge in [-0.2, -0.15) is 0 Å². The Morgan fingerprint density at radius 3 is 2.62 bits per heavy atom. The molecule has 1 fully saturated rings. The van der Waals surface area contributed by atoms with Gasteiger partial charge < -0.3 is 14.7 Å². The number of likely N-dealkylation sites (tertiary alicyclic amines) is 1. The summed E-state index contributed by atoms with van der Waals surface area (Å²) in [4.78, 5) is 23.6. The summed E-state index contributed by atoms with van der Waals surface area (Å²) in [6, 6.07) is -0.757. The molecule has 1 heterocycles. The molecule has 1 amide bonds. The molecule has 1 aliphatic carbocycles. The van der Waals surface area contributed by atoms with Crippen LogP contribution in [0.3, 0.4) is 0 Å². The molecule has 16 heavy (non-hydrogen) atoms. The SMILES string of the molecule is CC(=O)N1C[C@@H](OC2=CC=C2)C[C@H]1C(=O)O. The third kappa shape index (κ3) is 1.93. The van der Waals surface area contributed by atoms with Crippen LogP contribution in [0, 0.1) is 0 Å². The molecular formula is C11H13NO4. The molecule has 0 aromatic carbocycles. The molecule has 5 nitrogen and oxygen atoms in total. The van der Waals surface area contributed by atoms with E-state index in [1.54, 1.807) is 0 Å². The summed E-state index contributed by atoms with van der Waals surface area (Å²) in [5.41, 5.74) is 0. The molecule has 0 aromatic rings. The highest BCUT2D eigenvalue weighted by atomic mass is 16.5. The van der Waals surface area contributed by atoms with E-state index in [1.807, 2.05) is 18.2 Å². The van der Waals surface area contributed by atoms with E-state index < -0.39 is 12.0 Å². The first-order chi connectivity index (χ1) is 7.58. The van der Waals surface area contributed by atoms with Crippen molar-refractivity contribution in [3.8, 4) is 0 Å². The fraction of sp³-hybridized carbons (Fsp3) is 0.455. The minimum Gasteiger partial charge on any atom is -0.488 e. The third-order valence-electron chi connectivity index (χ3n) is 2.78. The number of rotatable bonds is 3.